The van der Waals surface area contributed by atoms with E-state index >= 15 is 0 Å². The number of rotatable bonds is 8. The third kappa shape index (κ3) is 4.77. The van der Waals surface area contributed by atoms with Crippen LogP contribution in [0.5, 0.6) is 23.0 Å². The van der Waals surface area contributed by atoms with E-state index in [4.69, 9.17) is 18.9 Å². The maximum atomic E-state index is 13.3. The van der Waals surface area contributed by atoms with Crippen LogP contribution in [-0.4, -0.2) is 55.2 Å². The lowest BCUT2D eigenvalue weighted by Crippen LogP contribution is -2.33. The van der Waals surface area contributed by atoms with Gasteiger partial charge in [-0.1, -0.05) is 12.1 Å². The number of aliphatic hydroxyl groups is 1. The van der Waals surface area contributed by atoms with E-state index in [0.717, 1.165) is 11.3 Å². The van der Waals surface area contributed by atoms with Crippen molar-refractivity contribution in [3.8, 4) is 23.0 Å². The molecule has 1 N–H and O–H groups in total. The number of hydrogen-bond donors (Lipinski definition) is 1. The minimum Gasteiger partial charge on any atom is -0.507 e. The molecule has 196 valence electrons. The van der Waals surface area contributed by atoms with Crippen LogP contribution in [0.15, 0.2) is 72.3 Å². The number of aliphatic hydroxyl groups excluding tert-OH is 1. The predicted molar refractivity (Wildman–Crippen MR) is 141 cm³/mol. The van der Waals surface area contributed by atoms with Gasteiger partial charge in [-0.25, -0.2) is 0 Å². The Kier molecular flexibility index (Phi) is 6.96. The van der Waals surface area contributed by atoms with Crippen LogP contribution in [0.3, 0.4) is 0 Å². The molecule has 2 unspecified atom stereocenters. The predicted octanol–water partition coefficient (Wildman–Crippen LogP) is 4.53. The summed E-state index contributed by atoms with van der Waals surface area (Å²) in [6.07, 6.45) is 0.744. The van der Waals surface area contributed by atoms with Crippen LogP contribution in [0, 0.1) is 0 Å². The first kappa shape index (κ1) is 25.2. The van der Waals surface area contributed by atoms with Gasteiger partial charge in [-0.15, -0.1) is 0 Å². The first-order chi connectivity index (χ1) is 18.4. The van der Waals surface area contributed by atoms with Crippen molar-refractivity contribution in [1.29, 1.82) is 0 Å². The summed E-state index contributed by atoms with van der Waals surface area (Å²) in [5.74, 6) is 1.07. The van der Waals surface area contributed by atoms with E-state index in [0.29, 0.717) is 34.8 Å². The number of ether oxygens (including phenoxy) is 4. The lowest BCUT2D eigenvalue weighted by atomic mass is 9.94. The molecule has 0 radical (unpaired) electrons. The zero-order valence-electron chi connectivity index (χ0n) is 21.5. The van der Waals surface area contributed by atoms with Gasteiger partial charge in [-0.3, -0.25) is 9.59 Å². The van der Waals surface area contributed by atoms with Crippen LogP contribution in [0.1, 0.15) is 29.7 Å². The minimum absolute atomic E-state index is 0.0385. The molecule has 2 atom stereocenters. The fourth-order valence-electron chi connectivity index (χ4n) is 4.90. The summed E-state index contributed by atoms with van der Waals surface area (Å²) in [6.45, 7) is 2.27. The van der Waals surface area contributed by atoms with Crippen LogP contribution >= 0.6 is 0 Å². The Hall–Kier alpha value is -4.46. The number of carbonyl (C=O) groups is 2. The Morgan fingerprint density at radius 1 is 0.947 bits per heavy atom. The minimum atomic E-state index is -0.788. The first-order valence-corrected chi connectivity index (χ1v) is 12.4. The largest absolute Gasteiger partial charge is 0.507 e. The van der Waals surface area contributed by atoms with E-state index in [1.807, 2.05) is 13.0 Å². The molecule has 0 aliphatic carbocycles. The molecule has 2 aliphatic rings. The molecule has 1 saturated heterocycles. The topological polar surface area (TPSA) is 94.5 Å². The summed E-state index contributed by atoms with van der Waals surface area (Å²) < 4.78 is 22.1. The number of Topliss-reactive ketones (excluding diaryl/α,β-unsaturated/α-hetero) is 1. The maximum absolute atomic E-state index is 13.3. The zero-order chi connectivity index (χ0) is 26.8. The molecule has 1 amide bonds. The second-order valence-corrected chi connectivity index (χ2v) is 9.24. The van der Waals surface area contributed by atoms with Gasteiger partial charge in [-0.2, -0.15) is 0 Å². The highest BCUT2D eigenvalue weighted by Crippen LogP contribution is 2.41. The number of nitrogens with zero attached hydrogens (tertiary/aromatic N) is 1. The third-order valence-corrected chi connectivity index (χ3v) is 6.80. The highest BCUT2D eigenvalue weighted by Gasteiger charge is 2.46. The lowest BCUT2D eigenvalue weighted by Gasteiger charge is -2.25. The van der Waals surface area contributed by atoms with Gasteiger partial charge in [0.25, 0.3) is 11.7 Å². The van der Waals surface area contributed by atoms with Crippen molar-refractivity contribution < 1.29 is 33.6 Å². The molecule has 0 bridgehead atoms. The summed E-state index contributed by atoms with van der Waals surface area (Å²) in [5.41, 5.74) is 2.13. The average Bonchev–Trinajstić information content (AvgIpc) is 3.44. The lowest BCUT2D eigenvalue weighted by molar-refractivity contribution is -0.140. The van der Waals surface area contributed by atoms with E-state index in [-0.39, 0.29) is 30.6 Å². The molecule has 0 saturated carbocycles. The second kappa shape index (κ2) is 10.5. The number of fused-ring (bicyclic) bond motifs is 1. The molecule has 2 aliphatic heterocycles. The van der Waals surface area contributed by atoms with Crippen LogP contribution in [0.25, 0.3) is 5.76 Å². The molecule has 3 aromatic carbocycles. The van der Waals surface area contributed by atoms with Crippen molar-refractivity contribution in [2.45, 2.75) is 25.5 Å². The van der Waals surface area contributed by atoms with Gasteiger partial charge >= 0.3 is 0 Å². The molecule has 0 spiro atoms. The molecular formula is C30H29NO7. The molecular weight excluding hydrogens is 486 g/mol. The maximum Gasteiger partial charge on any atom is 0.295 e. The van der Waals surface area contributed by atoms with Crippen LogP contribution in [0.2, 0.25) is 0 Å². The van der Waals surface area contributed by atoms with E-state index in [1.165, 1.54) is 4.90 Å². The summed E-state index contributed by atoms with van der Waals surface area (Å²) in [6, 6.07) is 18.7. The number of methoxy groups -OCH3 is 2. The van der Waals surface area contributed by atoms with Crippen LogP contribution in [0.4, 0.5) is 0 Å². The van der Waals surface area contributed by atoms with Gasteiger partial charge in [0.2, 0.25) is 0 Å². The zero-order valence-corrected chi connectivity index (χ0v) is 21.5. The Balaban J connectivity index is 1.48. The number of likely N-dealkylation sites (tertiary alicyclic amines) is 1. The van der Waals surface area contributed by atoms with Gasteiger partial charge in [0, 0.05) is 12.0 Å². The Labute approximate surface area is 221 Å². The number of benzene rings is 3. The third-order valence-electron chi connectivity index (χ3n) is 6.80. The van der Waals surface area contributed by atoms with E-state index in [9.17, 15) is 14.7 Å². The molecule has 5 rings (SSSR count). The smallest absolute Gasteiger partial charge is 0.295 e. The van der Waals surface area contributed by atoms with E-state index in [2.05, 4.69) is 0 Å². The SMILES string of the molecule is COc1ccc(OCCN2C(=O)C(=O)/C(=C(\O)c3ccc4c(c3)CC(C)O4)C2c2ccc(OC)cc2)cc1. The van der Waals surface area contributed by atoms with Crippen molar-refractivity contribution in [1.82, 2.24) is 4.90 Å². The standard InChI is InChI=1S/C30H29NO7/c1-18-16-21-17-20(6-13-25(21)38-18)28(32)26-27(19-4-7-22(35-2)8-5-19)31(30(34)29(26)33)14-15-37-24-11-9-23(36-3)10-12-24/h4-13,17-18,27,32H,14-16H2,1-3H3/b28-26-. The Morgan fingerprint density at radius 2 is 1.58 bits per heavy atom. The van der Waals surface area contributed by atoms with E-state index < -0.39 is 17.7 Å². The molecule has 1 fully saturated rings. The quantitative estimate of drug-likeness (QED) is 0.268. The Bertz CT molecular complexity index is 1380. The normalized spacial score (nSPS) is 19.7. The van der Waals surface area contributed by atoms with Crippen molar-refractivity contribution in [3.63, 3.8) is 0 Å². The molecule has 8 heteroatoms. The molecule has 0 aromatic heterocycles. The number of ketones is 1. The van der Waals surface area contributed by atoms with Gasteiger partial charge < -0.3 is 29.0 Å². The summed E-state index contributed by atoms with van der Waals surface area (Å²) in [5, 5.41) is 11.4. The molecule has 2 heterocycles. The number of hydrogen-bond acceptors (Lipinski definition) is 7. The van der Waals surface area contributed by atoms with Crippen LogP contribution in [-0.2, 0) is 16.0 Å². The second-order valence-electron chi connectivity index (χ2n) is 9.24. The first-order valence-electron chi connectivity index (χ1n) is 12.4. The van der Waals surface area contributed by atoms with Gasteiger partial charge in [-0.05, 0) is 72.6 Å². The van der Waals surface area contributed by atoms with Crippen molar-refractivity contribution in [2.24, 2.45) is 0 Å². The summed E-state index contributed by atoms with van der Waals surface area (Å²) in [4.78, 5) is 28.0. The highest BCUT2D eigenvalue weighted by molar-refractivity contribution is 6.46. The van der Waals surface area contributed by atoms with Gasteiger partial charge in [0.05, 0.1) is 32.4 Å². The Morgan fingerprint density at radius 3 is 2.24 bits per heavy atom. The van der Waals surface area contributed by atoms with Crippen LogP contribution < -0.4 is 18.9 Å². The molecule has 38 heavy (non-hydrogen) atoms. The van der Waals surface area contributed by atoms with Crippen molar-refractivity contribution in [2.75, 3.05) is 27.4 Å². The molecule has 3 aromatic rings. The van der Waals surface area contributed by atoms with Crippen molar-refractivity contribution >= 4 is 17.4 Å². The molecule has 8 nitrogen and oxygen atoms in total. The van der Waals surface area contributed by atoms with E-state index in [1.54, 1.807) is 74.9 Å². The fourth-order valence-corrected chi connectivity index (χ4v) is 4.90. The number of carbonyl (C=O) groups excluding carboxylic acids is 2. The highest BCUT2D eigenvalue weighted by atomic mass is 16.5. The summed E-state index contributed by atoms with van der Waals surface area (Å²) in [7, 11) is 3.15. The average molecular weight is 516 g/mol. The summed E-state index contributed by atoms with van der Waals surface area (Å²) >= 11 is 0. The van der Waals surface area contributed by atoms with Gasteiger partial charge in [0.15, 0.2) is 0 Å². The fraction of sp³-hybridized carbons (Fsp3) is 0.267. The monoisotopic (exact) mass is 515 g/mol. The van der Waals surface area contributed by atoms with Gasteiger partial charge in [0.1, 0.15) is 41.5 Å². The van der Waals surface area contributed by atoms with Crippen molar-refractivity contribution in [3.05, 3.63) is 89.0 Å². The number of amides is 1.